The normalized spacial score (nSPS) is 11.0. The maximum atomic E-state index is 13.6. The van der Waals surface area contributed by atoms with Gasteiger partial charge in [0.15, 0.2) is 0 Å². The topological polar surface area (TPSA) is 93.2 Å². The van der Waals surface area contributed by atoms with Gasteiger partial charge in [-0.1, -0.05) is 92.5 Å². The summed E-state index contributed by atoms with van der Waals surface area (Å²) in [6, 6.07) is 48.9. The smallest absolute Gasteiger partial charge is 0.256 e. The number of benzene rings is 6. The van der Waals surface area contributed by atoms with E-state index in [1.54, 1.807) is 48.5 Å². The Balaban J connectivity index is 0.947. The third-order valence-electron chi connectivity index (χ3n) is 8.66. The van der Waals surface area contributed by atoms with Gasteiger partial charge in [-0.2, -0.15) is 0 Å². The number of carbonyl (C=O) groups is 2. The third-order valence-corrected chi connectivity index (χ3v) is 9.72. The molecule has 0 atom stereocenters. The number of amides is 2. The number of pyridine rings is 2. The van der Waals surface area contributed by atoms with Crippen LogP contribution in [0.3, 0.4) is 0 Å². The van der Waals surface area contributed by atoms with Gasteiger partial charge in [0.05, 0.1) is 33.5 Å². The fourth-order valence-corrected chi connectivity index (χ4v) is 6.54. The van der Waals surface area contributed by atoms with Crippen molar-refractivity contribution < 1.29 is 14.3 Å². The maximum absolute atomic E-state index is 13.6. The summed E-state index contributed by atoms with van der Waals surface area (Å²) >= 11 is 6.96. The summed E-state index contributed by atoms with van der Waals surface area (Å²) in [5, 5.41) is 7.57. The zero-order valence-electron chi connectivity index (χ0n) is 27.9. The molecule has 0 spiro atoms. The molecule has 2 amide bonds. The quantitative estimate of drug-likeness (QED) is 0.159. The Morgan fingerprint density at radius 2 is 0.849 bits per heavy atom. The molecule has 2 N–H and O–H groups in total. The van der Waals surface area contributed by atoms with Crippen molar-refractivity contribution in [3.8, 4) is 34.0 Å². The van der Waals surface area contributed by atoms with E-state index in [1.165, 1.54) is 0 Å². The number of ether oxygens (including phenoxy) is 1. The number of hydrogen-bond donors (Lipinski definition) is 2. The highest BCUT2D eigenvalue weighted by atomic mass is 79.9. The van der Waals surface area contributed by atoms with Crippen LogP contribution in [0.4, 0.5) is 11.4 Å². The van der Waals surface area contributed by atoms with Crippen LogP contribution in [0.15, 0.2) is 167 Å². The van der Waals surface area contributed by atoms with Gasteiger partial charge in [0.25, 0.3) is 11.8 Å². The predicted molar refractivity (Wildman–Crippen MR) is 219 cm³/mol. The molecule has 2 aromatic heterocycles. The van der Waals surface area contributed by atoms with Crippen LogP contribution in [-0.2, 0) is 0 Å². The van der Waals surface area contributed by atoms with E-state index in [0.717, 1.165) is 41.9 Å². The summed E-state index contributed by atoms with van der Waals surface area (Å²) in [6.07, 6.45) is 0. The molecule has 0 unspecified atom stereocenters. The lowest BCUT2D eigenvalue weighted by atomic mass is 10.0. The summed E-state index contributed by atoms with van der Waals surface area (Å²) in [4.78, 5) is 36.8. The summed E-state index contributed by atoms with van der Waals surface area (Å²) in [5.74, 6) is 0.709. The first-order chi connectivity index (χ1) is 25.9. The Morgan fingerprint density at radius 1 is 0.472 bits per heavy atom. The molecule has 0 aliphatic heterocycles. The van der Waals surface area contributed by atoms with Crippen LogP contribution in [0.2, 0.25) is 0 Å². The zero-order chi connectivity index (χ0) is 36.3. The highest BCUT2D eigenvalue weighted by Crippen LogP contribution is 2.30. The molecule has 8 rings (SSSR count). The van der Waals surface area contributed by atoms with Crippen LogP contribution in [0.5, 0.6) is 11.5 Å². The largest absolute Gasteiger partial charge is 0.457 e. The molecule has 0 fully saturated rings. The first kappa shape index (κ1) is 34.0. The van der Waals surface area contributed by atoms with E-state index in [4.69, 9.17) is 14.7 Å². The first-order valence-corrected chi connectivity index (χ1v) is 18.3. The Kier molecular flexibility index (Phi) is 9.50. The highest BCUT2D eigenvalue weighted by Gasteiger charge is 2.16. The molecule has 2 heterocycles. The number of nitrogens with one attached hydrogen (secondary N) is 2. The summed E-state index contributed by atoms with van der Waals surface area (Å²) in [7, 11) is 0. The number of hydrogen-bond acceptors (Lipinski definition) is 5. The van der Waals surface area contributed by atoms with E-state index >= 15 is 0 Å². The summed E-state index contributed by atoms with van der Waals surface area (Å²) < 4.78 is 8.02. The lowest BCUT2D eigenvalue weighted by molar-refractivity contribution is 0.102. The third kappa shape index (κ3) is 7.58. The molecule has 9 heteroatoms. The monoisotopic (exact) mass is 818 g/mol. The van der Waals surface area contributed by atoms with Crippen LogP contribution in [0.25, 0.3) is 44.3 Å². The van der Waals surface area contributed by atoms with E-state index in [9.17, 15) is 9.59 Å². The molecule has 0 aliphatic carbocycles. The molecular weight excluding hydrogens is 792 g/mol. The fraction of sp³-hybridized carbons (Fsp3) is 0. The molecule has 8 aromatic rings. The van der Waals surface area contributed by atoms with Crippen LogP contribution in [-0.4, -0.2) is 21.8 Å². The van der Waals surface area contributed by atoms with Crippen molar-refractivity contribution >= 4 is 76.9 Å². The molecule has 0 radical (unpaired) electrons. The number of para-hydroxylation sites is 2. The van der Waals surface area contributed by atoms with Crippen molar-refractivity contribution in [2.24, 2.45) is 0 Å². The lowest BCUT2D eigenvalue weighted by Gasteiger charge is -2.12. The van der Waals surface area contributed by atoms with Crippen molar-refractivity contribution in [1.29, 1.82) is 0 Å². The van der Waals surface area contributed by atoms with Crippen molar-refractivity contribution in [1.82, 2.24) is 9.97 Å². The standard InChI is InChI=1S/C44H28Br2N4O3/c45-29-13-9-27(10-14-29)41-25-37(35-5-1-3-7-39(35)49-41)43(51)47-31-17-21-33(22-18-31)53-34-23-19-32(20-24-34)48-44(52)38-26-42(28-11-15-30(46)16-12-28)50-40-8-4-2-6-36(38)40/h1-26H,(H,47,51)(H,48,52). The van der Waals surface area contributed by atoms with Gasteiger partial charge in [0.2, 0.25) is 0 Å². The number of fused-ring (bicyclic) bond motifs is 2. The number of anilines is 2. The first-order valence-electron chi connectivity index (χ1n) is 16.7. The molecule has 7 nitrogen and oxygen atoms in total. The average Bonchev–Trinajstić information content (AvgIpc) is 3.19. The van der Waals surface area contributed by atoms with E-state index in [0.29, 0.717) is 45.4 Å². The maximum Gasteiger partial charge on any atom is 0.256 e. The molecule has 53 heavy (non-hydrogen) atoms. The number of rotatable bonds is 8. The molecule has 0 saturated heterocycles. The van der Waals surface area contributed by atoms with Gasteiger partial charge in [-0.3, -0.25) is 9.59 Å². The summed E-state index contributed by atoms with van der Waals surface area (Å²) in [6.45, 7) is 0. The molecule has 0 bridgehead atoms. The van der Waals surface area contributed by atoms with Crippen LogP contribution in [0.1, 0.15) is 20.7 Å². The van der Waals surface area contributed by atoms with Gasteiger partial charge in [-0.25, -0.2) is 9.97 Å². The van der Waals surface area contributed by atoms with Gasteiger partial charge in [-0.05, 0) is 97.1 Å². The molecule has 256 valence electrons. The number of aromatic nitrogens is 2. The molecule has 6 aromatic carbocycles. The second-order valence-corrected chi connectivity index (χ2v) is 14.0. The lowest BCUT2D eigenvalue weighted by Crippen LogP contribution is -2.13. The number of halogens is 2. The van der Waals surface area contributed by atoms with Gasteiger partial charge < -0.3 is 15.4 Å². The SMILES string of the molecule is O=C(Nc1ccc(Oc2ccc(NC(=O)c3cc(-c4ccc(Br)cc4)nc4ccccc34)cc2)cc1)c1cc(-c2ccc(Br)cc2)nc2ccccc12. The van der Waals surface area contributed by atoms with Gasteiger partial charge in [0, 0.05) is 42.2 Å². The summed E-state index contributed by atoms with van der Waals surface area (Å²) in [5.41, 5.74) is 7.05. The van der Waals surface area contributed by atoms with Crippen LogP contribution >= 0.6 is 31.9 Å². The van der Waals surface area contributed by atoms with Crippen molar-refractivity contribution in [2.45, 2.75) is 0 Å². The van der Waals surface area contributed by atoms with E-state index in [1.807, 2.05) is 109 Å². The highest BCUT2D eigenvalue weighted by molar-refractivity contribution is 9.10. The number of nitrogens with zero attached hydrogens (tertiary/aromatic N) is 2. The molecule has 0 aliphatic rings. The van der Waals surface area contributed by atoms with Crippen LogP contribution in [0, 0.1) is 0 Å². The minimum atomic E-state index is -0.238. The van der Waals surface area contributed by atoms with E-state index in [-0.39, 0.29) is 11.8 Å². The van der Waals surface area contributed by atoms with Crippen LogP contribution < -0.4 is 15.4 Å². The second-order valence-electron chi connectivity index (χ2n) is 12.2. The zero-order valence-corrected chi connectivity index (χ0v) is 31.1. The Labute approximate surface area is 322 Å². The van der Waals surface area contributed by atoms with Crippen molar-refractivity contribution in [3.05, 3.63) is 178 Å². The Morgan fingerprint density at radius 3 is 1.25 bits per heavy atom. The van der Waals surface area contributed by atoms with Gasteiger partial charge in [0.1, 0.15) is 11.5 Å². The van der Waals surface area contributed by atoms with Crippen molar-refractivity contribution in [2.75, 3.05) is 10.6 Å². The minimum absolute atomic E-state index is 0.238. The Hall–Kier alpha value is -6.16. The van der Waals surface area contributed by atoms with Crippen molar-refractivity contribution in [3.63, 3.8) is 0 Å². The minimum Gasteiger partial charge on any atom is -0.457 e. The van der Waals surface area contributed by atoms with E-state index in [2.05, 4.69) is 42.5 Å². The second kappa shape index (κ2) is 14.8. The number of carbonyl (C=O) groups excluding carboxylic acids is 2. The Bertz CT molecular complexity index is 2440. The average molecular weight is 821 g/mol. The van der Waals surface area contributed by atoms with Gasteiger partial charge in [-0.15, -0.1) is 0 Å². The predicted octanol–water partition coefficient (Wildman–Crippen LogP) is 11.9. The van der Waals surface area contributed by atoms with Gasteiger partial charge >= 0.3 is 0 Å². The molecule has 0 saturated carbocycles. The fourth-order valence-electron chi connectivity index (χ4n) is 6.01. The van der Waals surface area contributed by atoms with E-state index < -0.39 is 0 Å². The molecular formula is C44H28Br2N4O3.